The first-order valence-electron chi connectivity index (χ1n) is 41.1. The predicted molar refractivity (Wildman–Crippen MR) is 434 cm³/mol. The van der Waals surface area contributed by atoms with E-state index in [1.165, 1.54) is 29.4 Å². The van der Waals surface area contributed by atoms with E-state index in [4.69, 9.17) is 23.7 Å². The van der Waals surface area contributed by atoms with Gasteiger partial charge in [-0.3, -0.25) is 57.5 Å². The van der Waals surface area contributed by atoms with E-state index in [0.29, 0.717) is 50.1 Å². The second-order valence-electron chi connectivity index (χ2n) is 32.3. The zero-order valence-corrected chi connectivity index (χ0v) is 69.8. The maximum Gasteiger partial charge on any atom is 0.408 e. The Hall–Kier alpha value is -11.1. The highest BCUT2D eigenvalue weighted by Crippen LogP contribution is 2.26. The van der Waals surface area contributed by atoms with Crippen LogP contribution in [0.2, 0.25) is 0 Å². The predicted octanol–water partition coefficient (Wildman–Crippen LogP) is 4.93. The molecule has 1 saturated carbocycles. The monoisotopic (exact) mass is 1650 g/mol. The number of carboxylic acid groups (broad SMARTS) is 1. The van der Waals surface area contributed by atoms with Gasteiger partial charge in [0, 0.05) is 44.7 Å². The van der Waals surface area contributed by atoms with Gasteiger partial charge < -0.3 is 95.6 Å². The first-order valence-corrected chi connectivity index (χ1v) is 41.1. The minimum absolute atomic E-state index is 0.0295. The summed E-state index contributed by atoms with van der Waals surface area (Å²) < 4.78 is 32.5. The molecule has 1 aliphatic carbocycles. The number of hydrogen-bond acceptors (Lipinski definition) is 20. The molecule has 5 aromatic rings. The molecule has 11 amide bonds. The fraction of sp³-hybridized carbons (Fsp3) is 0.565. The maximum absolute atomic E-state index is 15.3. The van der Waals surface area contributed by atoms with Gasteiger partial charge in [0.1, 0.15) is 92.1 Å². The third-order valence-corrected chi connectivity index (χ3v) is 20.8. The van der Waals surface area contributed by atoms with Crippen LogP contribution in [0.25, 0.3) is 0 Å². The van der Waals surface area contributed by atoms with Crippen molar-refractivity contribution in [2.45, 2.75) is 265 Å². The van der Waals surface area contributed by atoms with Gasteiger partial charge in [-0.05, 0) is 120 Å². The highest BCUT2D eigenvalue weighted by molar-refractivity contribution is 5.99. The average Bonchev–Trinajstić information content (AvgIpc) is 1.02. The Balaban J connectivity index is 0.984. The van der Waals surface area contributed by atoms with Crippen molar-refractivity contribution in [2.75, 3.05) is 26.2 Å². The van der Waals surface area contributed by atoms with Gasteiger partial charge in [0.05, 0.1) is 50.5 Å². The highest BCUT2D eigenvalue weighted by Gasteiger charge is 2.44. The summed E-state index contributed by atoms with van der Waals surface area (Å²) in [5.74, 6) is -11.5. The number of nitrogens with one attached hydrogen (secondary N) is 9. The zero-order chi connectivity index (χ0) is 86.3. The number of carboxylic acids is 1. The number of ether oxygens (including phenoxy) is 5. The molecule has 2 aliphatic heterocycles. The van der Waals surface area contributed by atoms with Crippen molar-refractivity contribution in [1.82, 2.24) is 76.8 Å². The van der Waals surface area contributed by atoms with Crippen LogP contribution in [-0.2, 0) is 127 Å². The Morgan fingerprint density at radius 1 is 0.496 bits per heavy atom. The number of esters is 1. The lowest BCUT2D eigenvalue weighted by atomic mass is 9.96. The molecule has 0 bridgehead atoms. The van der Waals surface area contributed by atoms with Crippen LogP contribution in [0.4, 0.5) is 4.79 Å². The molecule has 2 saturated heterocycles. The molecule has 3 aromatic carbocycles. The largest absolute Gasteiger partial charge is 0.480 e. The van der Waals surface area contributed by atoms with Gasteiger partial charge in [0.15, 0.2) is 0 Å². The van der Waals surface area contributed by atoms with Gasteiger partial charge in [-0.25, -0.2) is 14.8 Å². The van der Waals surface area contributed by atoms with Crippen LogP contribution >= 0.6 is 0 Å². The van der Waals surface area contributed by atoms with Crippen LogP contribution in [0.15, 0.2) is 116 Å². The van der Waals surface area contributed by atoms with Gasteiger partial charge >= 0.3 is 18.0 Å². The van der Waals surface area contributed by atoms with Gasteiger partial charge in [0.2, 0.25) is 59.1 Å². The molecule has 648 valence electrons. The fourth-order valence-electron chi connectivity index (χ4n) is 14.1. The van der Waals surface area contributed by atoms with Crippen LogP contribution < -0.4 is 47.9 Å². The minimum atomic E-state index is -1.58. The molecule has 4 heterocycles. The van der Waals surface area contributed by atoms with Gasteiger partial charge in [-0.2, -0.15) is 0 Å². The summed E-state index contributed by atoms with van der Waals surface area (Å²) >= 11 is 0. The summed E-state index contributed by atoms with van der Waals surface area (Å²) in [4.78, 5) is 196. The lowest BCUT2D eigenvalue weighted by Crippen LogP contribution is -2.62. The summed E-state index contributed by atoms with van der Waals surface area (Å²) in [6.07, 6.45) is 9.81. The van der Waals surface area contributed by atoms with Crippen molar-refractivity contribution < 1.29 is 91.1 Å². The number of rotatable bonds is 44. The number of alkyl carbamates (subject to hydrolysis) is 1. The van der Waals surface area contributed by atoms with E-state index in [1.54, 1.807) is 108 Å². The number of carbonyl (C=O) groups is 13. The molecule has 0 unspecified atom stereocenters. The van der Waals surface area contributed by atoms with Gasteiger partial charge in [-0.1, -0.05) is 145 Å². The summed E-state index contributed by atoms with van der Waals surface area (Å²) in [5, 5.41) is 33.6. The van der Waals surface area contributed by atoms with Crippen molar-refractivity contribution in [3.05, 3.63) is 144 Å². The molecular weight excluding hydrogens is 1540 g/mol. The van der Waals surface area contributed by atoms with Gasteiger partial charge in [-0.15, -0.1) is 0 Å². The SMILES string of the molecule is CC[C@H](C)[C@H](NC(=O)[C@H](Cc1cn(COCc2ccccc2)cn1)NC(=O)[C@H](COCc1ccccc1)NC(=O)[C@@H](NC(=O)[C@H](CCC(=O)OC1CCCCC1)NC(=O)OC(C)(C)C)C(C)C)C(=O)N1CCC[C@H]1C(=O)N[C@@H](C)C(=O)N[C@H](C(=O)N[C@@H](Cc1cn(COCc2ccccc2)cn1)C(=O)N1CCC[C@H]1C(=O)NCC(=O)O)C(C)C. The maximum atomic E-state index is 15.3. The van der Waals surface area contributed by atoms with Crippen LogP contribution in [0.3, 0.4) is 0 Å². The molecule has 3 aliphatic rings. The fourth-order valence-corrected chi connectivity index (χ4v) is 14.1. The molecule has 2 aromatic heterocycles. The van der Waals surface area contributed by atoms with Crippen molar-refractivity contribution in [1.29, 1.82) is 0 Å². The molecule has 0 spiro atoms. The normalized spacial score (nSPS) is 17.2. The number of imidazole rings is 2. The number of aromatic nitrogens is 4. The van der Waals surface area contributed by atoms with E-state index >= 15 is 14.4 Å². The van der Waals surface area contributed by atoms with E-state index in [1.807, 2.05) is 66.7 Å². The number of carbonyl (C=O) groups excluding carboxylic acids is 12. The Bertz CT molecular complexity index is 4190. The molecule has 11 atom stereocenters. The highest BCUT2D eigenvalue weighted by atomic mass is 16.6. The van der Waals surface area contributed by atoms with E-state index < -0.39 is 174 Å². The number of likely N-dealkylation sites (tertiary alicyclic amines) is 2. The van der Waals surface area contributed by atoms with Crippen LogP contribution in [0.1, 0.15) is 174 Å². The van der Waals surface area contributed by atoms with Crippen LogP contribution in [0, 0.1) is 17.8 Å². The summed E-state index contributed by atoms with van der Waals surface area (Å²) in [5.41, 5.74) is 2.27. The van der Waals surface area contributed by atoms with Crippen molar-refractivity contribution in [3.63, 3.8) is 0 Å². The molecule has 34 nitrogen and oxygen atoms in total. The molecule has 8 rings (SSSR count). The van der Waals surface area contributed by atoms with Crippen molar-refractivity contribution in [2.24, 2.45) is 17.8 Å². The first-order chi connectivity index (χ1) is 56.8. The molecule has 34 heteroatoms. The van der Waals surface area contributed by atoms with Crippen LogP contribution in [0.5, 0.6) is 0 Å². The number of nitrogens with zero attached hydrogens (tertiary/aromatic N) is 6. The number of amides is 11. The summed E-state index contributed by atoms with van der Waals surface area (Å²) in [6.45, 7) is 16.2. The smallest absolute Gasteiger partial charge is 0.408 e. The number of aliphatic carboxylic acids is 1. The Morgan fingerprint density at radius 3 is 1.47 bits per heavy atom. The van der Waals surface area contributed by atoms with Gasteiger partial charge in [0.25, 0.3) is 0 Å². The second kappa shape index (κ2) is 46.3. The second-order valence-corrected chi connectivity index (χ2v) is 32.3. The third kappa shape index (κ3) is 30.0. The Labute approximate surface area is 694 Å². The molecular formula is C85H119N15O19. The lowest BCUT2D eigenvalue weighted by Gasteiger charge is -2.33. The number of hydrogen-bond donors (Lipinski definition) is 10. The standard InChI is InChI=1S/C85H119N15O19/c1-11-55(6)73(83(113)100-39-25-35-68(100)79(109)89-56(7)74(104)94-71(53(2)3)80(110)91-65(82(112)99-38-24-34-67(99)78(108)86-42-69(101)102)41-61-44-98(50-88-61)52-117-47-59-30-20-14-21-31-59)96-76(106)64(40-60-43-97(49-87-60)51-116-46-58-28-18-13-19-29-58)90-77(107)66(48-115-45-57-26-16-12-17-27-57)92-81(111)72(54(4)5)95-75(105)63(93-84(114)119-85(8,9)10)36-37-70(103)118-62-32-22-15-23-33-62/h12-14,16-21,26-31,43-44,49-50,53-56,62-68,71-73H,11,15,22-25,32-42,45-48,51-52H2,1-10H3,(H,86,108)(H,89,109)(H,90,107)(H,91,110)(H,92,111)(H,93,114)(H,94,104)(H,95,105)(H,96,106)(H,101,102)/t55-,56-,63-,64-,65-,66-,67-,68-,71-,72-,73-/m0/s1. The lowest BCUT2D eigenvalue weighted by molar-refractivity contribution is -0.151. The topological polar surface area (TPSA) is 439 Å². The Morgan fingerprint density at radius 2 is 0.958 bits per heavy atom. The minimum Gasteiger partial charge on any atom is -0.480 e. The van der Waals surface area contributed by atoms with E-state index in [0.717, 1.165) is 36.0 Å². The summed E-state index contributed by atoms with van der Waals surface area (Å²) in [7, 11) is 0. The molecule has 119 heavy (non-hydrogen) atoms. The van der Waals surface area contributed by atoms with Crippen molar-refractivity contribution >= 4 is 77.1 Å². The zero-order valence-electron chi connectivity index (χ0n) is 69.8. The molecule has 3 fully saturated rings. The van der Waals surface area contributed by atoms with Crippen LogP contribution in [-0.4, -0.2) is 209 Å². The quantitative estimate of drug-likeness (QED) is 0.0231. The van der Waals surface area contributed by atoms with E-state index in [9.17, 15) is 53.1 Å². The molecule has 10 N–H and O–H groups in total. The van der Waals surface area contributed by atoms with Crippen molar-refractivity contribution in [3.8, 4) is 0 Å². The molecule has 0 radical (unpaired) electrons. The van der Waals surface area contributed by atoms with E-state index in [-0.39, 0.29) is 84.4 Å². The Kier molecular flexibility index (Phi) is 36.3. The third-order valence-electron chi connectivity index (χ3n) is 20.8. The first kappa shape index (κ1) is 93.4. The summed E-state index contributed by atoms with van der Waals surface area (Å²) in [6, 6.07) is 14.5. The van der Waals surface area contributed by atoms with E-state index in [2.05, 4.69) is 57.8 Å². The average molecular weight is 1650 g/mol. The number of benzene rings is 3.